The van der Waals surface area contributed by atoms with Crippen molar-refractivity contribution in [1.82, 2.24) is 5.32 Å². The summed E-state index contributed by atoms with van der Waals surface area (Å²) in [4.78, 5) is 0. The first-order chi connectivity index (χ1) is 9.26. The summed E-state index contributed by atoms with van der Waals surface area (Å²) < 4.78 is 5.49. The molecule has 2 rings (SSSR count). The molecule has 0 fully saturated rings. The third kappa shape index (κ3) is 3.15. The number of hydrogen-bond acceptors (Lipinski definition) is 2. The Morgan fingerprint density at radius 1 is 1.26 bits per heavy atom. The van der Waals surface area contributed by atoms with Crippen LogP contribution in [0, 0.1) is 0 Å². The Labute approximate surface area is 115 Å². The summed E-state index contributed by atoms with van der Waals surface area (Å²) in [6.07, 6.45) is 2.91. The average Bonchev–Trinajstić information content (AvgIpc) is 2.44. The Morgan fingerprint density at radius 3 is 2.79 bits per heavy atom. The largest absolute Gasteiger partial charge is 0.496 e. The van der Waals surface area contributed by atoms with Crippen molar-refractivity contribution >= 4 is 10.8 Å². The van der Waals surface area contributed by atoms with Crippen LogP contribution in [0.15, 0.2) is 49.1 Å². The molecule has 1 N–H and O–H groups in total. The zero-order chi connectivity index (χ0) is 13.7. The number of nitrogens with one attached hydrogen (secondary N) is 1. The van der Waals surface area contributed by atoms with Gasteiger partial charge < -0.3 is 10.1 Å². The van der Waals surface area contributed by atoms with E-state index in [4.69, 9.17) is 4.74 Å². The third-order valence-corrected chi connectivity index (χ3v) is 3.37. The second-order valence-corrected chi connectivity index (χ2v) is 4.77. The molecule has 0 amide bonds. The van der Waals surface area contributed by atoms with E-state index >= 15 is 0 Å². The van der Waals surface area contributed by atoms with E-state index in [9.17, 15) is 0 Å². The van der Waals surface area contributed by atoms with Gasteiger partial charge in [-0.15, -0.1) is 6.58 Å². The van der Waals surface area contributed by atoms with Gasteiger partial charge in [-0.05, 0) is 30.2 Å². The Morgan fingerprint density at radius 2 is 2.05 bits per heavy atom. The minimum absolute atomic E-state index is 0.418. The highest BCUT2D eigenvalue weighted by Crippen LogP contribution is 2.27. The molecule has 0 aliphatic rings. The monoisotopic (exact) mass is 255 g/mol. The lowest BCUT2D eigenvalue weighted by Crippen LogP contribution is -2.25. The van der Waals surface area contributed by atoms with E-state index < -0.39 is 0 Å². The zero-order valence-electron chi connectivity index (χ0n) is 11.6. The van der Waals surface area contributed by atoms with Gasteiger partial charge in [0.05, 0.1) is 7.11 Å². The molecule has 1 unspecified atom stereocenters. The summed E-state index contributed by atoms with van der Waals surface area (Å²) in [5, 5.41) is 6.01. The Balaban J connectivity index is 2.31. The molecule has 1 atom stereocenters. The maximum atomic E-state index is 5.49. The summed E-state index contributed by atoms with van der Waals surface area (Å²) in [5.41, 5.74) is 1.22. The van der Waals surface area contributed by atoms with Gasteiger partial charge in [-0.2, -0.15) is 0 Å². The molecule has 19 heavy (non-hydrogen) atoms. The molecule has 0 saturated carbocycles. The number of ether oxygens (including phenoxy) is 1. The maximum absolute atomic E-state index is 5.49. The molecule has 2 heteroatoms. The van der Waals surface area contributed by atoms with Crippen LogP contribution in [-0.4, -0.2) is 13.2 Å². The fourth-order valence-corrected chi connectivity index (χ4v) is 2.30. The number of rotatable bonds is 6. The molecule has 0 spiro atoms. The lowest BCUT2D eigenvalue weighted by atomic mass is 10.0. The summed E-state index contributed by atoms with van der Waals surface area (Å²) in [5.74, 6) is 0.942. The van der Waals surface area contributed by atoms with Gasteiger partial charge >= 0.3 is 0 Å². The fourth-order valence-electron chi connectivity index (χ4n) is 2.30. The van der Waals surface area contributed by atoms with Gasteiger partial charge in [0.1, 0.15) is 5.75 Å². The van der Waals surface area contributed by atoms with E-state index in [1.807, 2.05) is 12.1 Å². The second-order valence-electron chi connectivity index (χ2n) is 4.77. The van der Waals surface area contributed by atoms with Gasteiger partial charge in [-0.3, -0.25) is 0 Å². The minimum atomic E-state index is 0.418. The first kappa shape index (κ1) is 13.6. The summed E-state index contributed by atoms with van der Waals surface area (Å²) in [7, 11) is 1.72. The van der Waals surface area contributed by atoms with E-state index in [0.717, 1.165) is 18.7 Å². The van der Waals surface area contributed by atoms with Crippen LogP contribution in [0.25, 0.3) is 10.8 Å². The molecule has 0 aromatic heterocycles. The van der Waals surface area contributed by atoms with Crippen LogP contribution in [0.5, 0.6) is 5.75 Å². The van der Waals surface area contributed by atoms with Gasteiger partial charge in [-0.1, -0.05) is 36.4 Å². The van der Waals surface area contributed by atoms with Gasteiger partial charge in [0.25, 0.3) is 0 Å². The second kappa shape index (κ2) is 6.39. The molecule has 0 aliphatic carbocycles. The van der Waals surface area contributed by atoms with Crippen LogP contribution in [0.1, 0.15) is 18.9 Å². The molecule has 2 nitrogen and oxygen atoms in total. The standard InChI is InChI=1S/C17H21NO/c1-4-7-13(2)18-12-16-15-9-6-5-8-14(15)10-11-17(16)19-3/h4-6,8-11,13,18H,1,7,12H2,2-3H3. The molecule has 100 valence electrons. The first-order valence-electron chi connectivity index (χ1n) is 6.65. The Hall–Kier alpha value is -1.80. The smallest absolute Gasteiger partial charge is 0.123 e. The van der Waals surface area contributed by atoms with Crippen LogP contribution >= 0.6 is 0 Å². The Bertz CT molecular complexity index is 562. The number of hydrogen-bond donors (Lipinski definition) is 1. The van der Waals surface area contributed by atoms with Crippen LogP contribution in [0.3, 0.4) is 0 Å². The van der Waals surface area contributed by atoms with E-state index in [1.165, 1.54) is 16.3 Å². The normalized spacial score (nSPS) is 12.3. The van der Waals surface area contributed by atoms with Crippen molar-refractivity contribution in [3.05, 3.63) is 54.6 Å². The predicted molar refractivity (Wildman–Crippen MR) is 81.6 cm³/mol. The van der Waals surface area contributed by atoms with Crippen molar-refractivity contribution in [2.45, 2.75) is 25.9 Å². The van der Waals surface area contributed by atoms with Crippen LogP contribution in [0.2, 0.25) is 0 Å². The molecule has 0 bridgehead atoms. The van der Waals surface area contributed by atoms with Crippen LogP contribution in [-0.2, 0) is 6.54 Å². The molecule has 0 radical (unpaired) electrons. The van der Waals surface area contributed by atoms with E-state index in [-0.39, 0.29) is 0 Å². The molecule has 0 heterocycles. The van der Waals surface area contributed by atoms with Crippen molar-refractivity contribution in [2.75, 3.05) is 7.11 Å². The highest BCUT2D eigenvalue weighted by atomic mass is 16.5. The topological polar surface area (TPSA) is 21.3 Å². The van der Waals surface area contributed by atoms with Crippen molar-refractivity contribution in [3.63, 3.8) is 0 Å². The molecule has 0 aliphatic heterocycles. The summed E-state index contributed by atoms with van der Waals surface area (Å²) >= 11 is 0. The molecule has 2 aromatic carbocycles. The van der Waals surface area contributed by atoms with E-state index in [1.54, 1.807) is 7.11 Å². The van der Waals surface area contributed by atoms with Crippen molar-refractivity contribution in [2.24, 2.45) is 0 Å². The lowest BCUT2D eigenvalue weighted by molar-refractivity contribution is 0.407. The summed E-state index contributed by atoms with van der Waals surface area (Å²) in [6, 6.07) is 13.0. The minimum Gasteiger partial charge on any atom is -0.496 e. The van der Waals surface area contributed by atoms with E-state index in [0.29, 0.717) is 6.04 Å². The number of benzene rings is 2. The van der Waals surface area contributed by atoms with Gasteiger partial charge in [-0.25, -0.2) is 0 Å². The highest BCUT2D eigenvalue weighted by Gasteiger charge is 2.09. The van der Waals surface area contributed by atoms with Crippen LogP contribution in [0.4, 0.5) is 0 Å². The molecule has 2 aromatic rings. The lowest BCUT2D eigenvalue weighted by Gasteiger charge is -2.16. The quantitative estimate of drug-likeness (QED) is 0.790. The predicted octanol–water partition coefficient (Wildman–Crippen LogP) is 3.90. The van der Waals surface area contributed by atoms with Crippen molar-refractivity contribution in [3.8, 4) is 5.75 Å². The third-order valence-electron chi connectivity index (χ3n) is 3.37. The van der Waals surface area contributed by atoms with Gasteiger partial charge in [0.15, 0.2) is 0 Å². The zero-order valence-corrected chi connectivity index (χ0v) is 11.6. The average molecular weight is 255 g/mol. The van der Waals surface area contributed by atoms with Crippen LogP contribution < -0.4 is 10.1 Å². The molecular weight excluding hydrogens is 234 g/mol. The van der Waals surface area contributed by atoms with E-state index in [2.05, 4.69) is 49.2 Å². The van der Waals surface area contributed by atoms with Crippen molar-refractivity contribution in [1.29, 1.82) is 0 Å². The highest BCUT2D eigenvalue weighted by molar-refractivity contribution is 5.87. The van der Waals surface area contributed by atoms with Gasteiger partial charge in [0.2, 0.25) is 0 Å². The molecular formula is C17H21NO. The fraction of sp³-hybridized carbons (Fsp3) is 0.294. The van der Waals surface area contributed by atoms with Crippen molar-refractivity contribution < 1.29 is 4.74 Å². The Kier molecular flexibility index (Phi) is 4.58. The first-order valence-corrected chi connectivity index (χ1v) is 6.65. The maximum Gasteiger partial charge on any atom is 0.123 e. The molecule has 0 saturated heterocycles. The van der Waals surface area contributed by atoms with Gasteiger partial charge in [0, 0.05) is 18.2 Å². The number of fused-ring (bicyclic) bond motifs is 1. The SMILES string of the molecule is C=CCC(C)NCc1c(OC)ccc2ccccc12. The summed E-state index contributed by atoms with van der Waals surface area (Å²) in [6.45, 7) is 6.75. The number of methoxy groups -OCH3 is 1.